The SMILES string of the molecule is C.C/C=C(\Cc1cc(Br)ccc1Br)c1ccc(Br)cc1O. The summed E-state index contributed by atoms with van der Waals surface area (Å²) < 4.78 is 2.99. The van der Waals surface area contributed by atoms with Crippen molar-refractivity contribution in [1.82, 2.24) is 0 Å². The van der Waals surface area contributed by atoms with Crippen LogP contribution in [0.5, 0.6) is 5.75 Å². The normalized spacial score (nSPS) is 11.1. The Labute approximate surface area is 151 Å². The summed E-state index contributed by atoms with van der Waals surface area (Å²) >= 11 is 10.4. The van der Waals surface area contributed by atoms with Crippen LogP contribution >= 0.6 is 47.8 Å². The fourth-order valence-corrected chi connectivity index (χ4v) is 3.16. The van der Waals surface area contributed by atoms with Crippen LogP contribution in [0.3, 0.4) is 0 Å². The molecule has 0 saturated carbocycles. The lowest BCUT2D eigenvalue weighted by Gasteiger charge is -2.12. The molecule has 2 aromatic rings. The Morgan fingerprint density at radius 2 is 1.67 bits per heavy atom. The Balaban J connectivity index is 0.00000220. The second-order valence-electron chi connectivity index (χ2n) is 4.39. The van der Waals surface area contributed by atoms with E-state index in [1.54, 1.807) is 6.07 Å². The van der Waals surface area contributed by atoms with E-state index in [4.69, 9.17) is 0 Å². The molecule has 2 rings (SSSR count). The molecule has 0 amide bonds. The zero-order valence-corrected chi connectivity index (χ0v) is 15.6. The molecule has 0 aliphatic carbocycles. The molecule has 0 spiro atoms. The largest absolute Gasteiger partial charge is 0.507 e. The minimum atomic E-state index is 0. The summed E-state index contributed by atoms with van der Waals surface area (Å²) in [6.07, 6.45) is 2.79. The molecule has 2 aromatic carbocycles. The first-order chi connectivity index (χ1) is 9.51. The van der Waals surface area contributed by atoms with Crippen LogP contribution in [0, 0.1) is 0 Å². The standard InChI is InChI=1S/C16H13Br3O.CH4/c1-2-10(14-5-3-13(18)9-16(14)20)7-11-8-12(17)4-6-15(11)19;/h2-6,8-9,20H,7H2,1H3;1H4/b10-2+;. The van der Waals surface area contributed by atoms with Gasteiger partial charge in [0.1, 0.15) is 5.75 Å². The molecule has 0 radical (unpaired) electrons. The smallest absolute Gasteiger partial charge is 0.124 e. The van der Waals surface area contributed by atoms with Gasteiger partial charge in [0.2, 0.25) is 0 Å². The van der Waals surface area contributed by atoms with E-state index in [0.717, 1.165) is 31.0 Å². The first-order valence-electron chi connectivity index (χ1n) is 6.09. The van der Waals surface area contributed by atoms with Crippen LogP contribution in [0.15, 0.2) is 55.9 Å². The van der Waals surface area contributed by atoms with Crippen LogP contribution in [0.4, 0.5) is 0 Å². The van der Waals surface area contributed by atoms with E-state index in [9.17, 15) is 5.11 Å². The summed E-state index contributed by atoms with van der Waals surface area (Å²) in [6.45, 7) is 1.99. The maximum Gasteiger partial charge on any atom is 0.124 e. The average Bonchev–Trinajstić information content (AvgIpc) is 2.40. The Bertz CT molecular complexity index is 663. The molecule has 0 saturated heterocycles. The van der Waals surface area contributed by atoms with E-state index >= 15 is 0 Å². The Morgan fingerprint density at radius 1 is 1.05 bits per heavy atom. The molecule has 112 valence electrons. The number of hydrogen-bond acceptors (Lipinski definition) is 1. The van der Waals surface area contributed by atoms with Gasteiger partial charge in [0.05, 0.1) is 0 Å². The van der Waals surface area contributed by atoms with Crippen molar-refractivity contribution >= 4 is 53.4 Å². The third kappa shape index (κ3) is 4.70. The molecule has 0 atom stereocenters. The predicted molar refractivity (Wildman–Crippen MR) is 102 cm³/mol. The molecular formula is C17H17Br3O. The maximum absolute atomic E-state index is 10.1. The number of benzene rings is 2. The van der Waals surface area contributed by atoms with E-state index in [2.05, 4.69) is 53.9 Å². The fraction of sp³-hybridized carbons (Fsp3) is 0.176. The maximum atomic E-state index is 10.1. The fourth-order valence-electron chi connectivity index (χ4n) is 2.01. The Hall–Kier alpha value is -0.580. The number of allylic oxidation sites excluding steroid dienone is 2. The van der Waals surface area contributed by atoms with Crippen LogP contribution < -0.4 is 0 Å². The van der Waals surface area contributed by atoms with Gasteiger partial charge in [0.25, 0.3) is 0 Å². The molecular weight excluding hydrogens is 460 g/mol. The molecule has 1 N–H and O–H groups in total. The van der Waals surface area contributed by atoms with Crippen LogP contribution in [0.2, 0.25) is 0 Å². The molecule has 0 aliphatic rings. The van der Waals surface area contributed by atoms with Gasteiger partial charge in [0.15, 0.2) is 0 Å². The van der Waals surface area contributed by atoms with Crippen LogP contribution in [0.1, 0.15) is 25.5 Å². The third-order valence-electron chi connectivity index (χ3n) is 3.04. The van der Waals surface area contributed by atoms with Gasteiger partial charge in [-0.2, -0.15) is 0 Å². The van der Waals surface area contributed by atoms with Gasteiger partial charge in [-0.25, -0.2) is 0 Å². The van der Waals surface area contributed by atoms with Gasteiger partial charge in [0, 0.05) is 19.0 Å². The zero-order chi connectivity index (χ0) is 14.7. The molecule has 4 heteroatoms. The number of rotatable bonds is 3. The second-order valence-corrected chi connectivity index (χ2v) is 7.07. The van der Waals surface area contributed by atoms with Crippen molar-refractivity contribution in [3.8, 4) is 5.75 Å². The van der Waals surface area contributed by atoms with Crippen LogP contribution in [0.25, 0.3) is 5.57 Å². The minimum absolute atomic E-state index is 0. The molecule has 0 unspecified atom stereocenters. The zero-order valence-electron chi connectivity index (χ0n) is 10.8. The van der Waals surface area contributed by atoms with Crippen molar-refractivity contribution < 1.29 is 5.11 Å². The highest BCUT2D eigenvalue weighted by molar-refractivity contribution is 9.11. The molecule has 0 fully saturated rings. The number of hydrogen-bond donors (Lipinski definition) is 1. The summed E-state index contributed by atoms with van der Waals surface area (Å²) in [7, 11) is 0. The summed E-state index contributed by atoms with van der Waals surface area (Å²) in [5.74, 6) is 0.290. The Morgan fingerprint density at radius 3 is 2.29 bits per heavy atom. The lowest BCUT2D eigenvalue weighted by molar-refractivity contribution is 0.473. The number of halogens is 3. The van der Waals surface area contributed by atoms with E-state index in [0.29, 0.717) is 5.75 Å². The van der Waals surface area contributed by atoms with Gasteiger partial charge in [-0.3, -0.25) is 0 Å². The van der Waals surface area contributed by atoms with Crippen LogP contribution in [-0.2, 0) is 6.42 Å². The van der Waals surface area contributed by atoms with E-state index in [-0.39, 0.29) is 7.43 Å². The number of phenols is 1. The van der Waals surface area contributed by atoms with Crippen molar-refractivity contribution in [3.63, 3.8) is 0 Å². The number of aromatic hydroxyl groups is 1. The van der Waals surface area contributed by atoms with Crippen molar-refractivity contribution in [2.75, 3.05) is 0 Å². The molecule has 0 aromatic heterocycles. The van der Waals surface area contributed by atoms with Gasteiger partial charge >= 0.3 is 0 Å². The Kier molecular flexibility index (Phi) is 7.17. The summed E-state index contributed by atoms with van der Waals surface area (Å²) in [6, 6.07) is 11.7. The highest BCUT2D eigenvalue weighted by Gasteiger charge is 2.10. The molecule has 0 bridgehead atoms. The third-order valence-corrected chi connectivity index (χ3v) is 4.80. The van der Waals surface area contributed by atoms with E-state index in [1.807, 2.05) is 37.3 Å². The number of phenolic OH excluding ortho intramolecular Hbond substituents is 1. The summed E-state index contributed by atoms with van der Waals surface area (Å²) in [5, 5.41) is 10.1. The minimum Gasteiger partial charge on any atom is -0.507 e. The highest BCUT2D eigenvalue weighted by Crippen LogP contribution is 2.32. The van der Waals surface area contributed by atoms with Crippen molar-refractivity contribution in [2.45, 2.75) is 20.8 Å². The quantitative estimate of drug-likeness (QED) is 0.507. The first kappa shape index (κ1) is 18.5. The monoisotopic (exact) mass is 474 g/mol. The van der Waals surface area contributed by atoms with Crippen molar-refractivity contribution in [3.05, 3.63) is 67.0 Å². The van der Waals surface area contributed by atoms with E-state index < -0.39 is 0 Å². The molecule has 0 heterocycles. The van der Waals surface area contributed by atoms with Gasteiger partial charge < -0.3 is 5.11 Å². The van der Waals surface area contributed by atoms with Gasteiger partial charge in [-0.05, 0) is 60.9 Å². The average molecular weight is 477 g/mol. The summed E-state index contributed by atoms with van der Waals surface area (Å²) in [4.78, 5) is 0. The predicted octanol–water partition coefficient (Wildman–Crippen LogP) is 6.96. The summed E-state index contributed by atoms with van der Waals surface area (Å²) in [5.41, 5.74) is 3.13. The molecule has 21 heavy (non-hydrogen) atoms. The molecule has 0 aliphatic heterocycles. The molecule has 1 nitrogen and oxygen atoms in total. The highest BCUT2D eigenvalue weighted by atomic mass is 79.9. The van der Waals surface area contributed by atoms with Crippen molar-refractivity contribution in [1.29, 1.82) is 0 Å². The van der Waals surface area contributed by atoms with Gasteiger partial charge in [-0.1, -0.05) is 61.3 Å². The van der Waals surface area contributed by atoms with E-state index in [1.165, 1.54) is 5.56 Å². The topological polar surface area (TPSA) is 20.2 Å². The first-order valence-corrected chi connectivity index (χ1v) is 8.47. The lowest BCUT2D eigenvalue weighted by atomic mass is 9.97. The van der Waals surface area contributed by atoms with Crippen molar-refractivity contribution in [2.24, 2.45) is 0 Å². The second kappa shape index (κ2) is 8.16. The van der Waals surface area contributed by atoms with Gasteiger partial charge in [-0.15, -0.1) is 0 Å². The van der Waals surface area contributed by atoms with Crippen LogP contribution in [-0.4, -0.2) is 5.11 Å². The lowest BCUT2D eigenvalue weighted by Crippen LogP contribution is -1.93.